The fourth-order valence-electron chi connectivity index (χ4n) is 1.61. The van der Waals surface area contributed by atoms with E-state index in [0.29, 0.717) is 11.3 Å². The second-order valence-corrected chi connectivity index (χ2v) is 4.24. The number of amides is 1. The Balaban J connectivity index is 1.94. The zero-order valence-corrected chi connectivity index (χ0v) is 11.4. The van der Waals surface area contributed by atoms with Gasteiger partial charge in [-0.2, -0.15) is 0 Å². The van der Waals surface area contributed by atoms with Gasteiger partial charge in [-0.25, -0.2) is 4.79 Å². The van der Waals surface area contributed by atoms with Gasteiger partial charge in [0.1, 0.15) is 5.71 Å². The molecule has 0 saturated carbocycles. The van der Waals surface area contributed by atoms with Crippen molar-refractivity contribution in [3.05, 3.63) is 66.2 Å². The Labute approximate surface area is 122 Å². The summed E-state index contributed by atoms with van der Waals surface area (Å²) in [6.07, 6.45) is -0.749. The molecule has 5 heteroatoms. The molecule has 0 saturated heterocycles. The topological polar surface area (TPSA) is 67.8 Å². The van der Waals surface area contributed by atoms with Crippen molar-refractivity contribution >= 4 is 23.3 Å². The van der Waals surface area contributed by atoms with Gasteiger partial charge in [0, 0.05) is 11.3 Å². The fraction of sp³-hybridized carbons (Fsp3) is 0.0625. The van der Waals surface area contributed by atoms with Gasteiger partial charge in [-0.3, -0.25) is 14.9 Å². The lowest BCUT2D eigenvalue weighted by Gasteiger charge is -2.03. The summed E-state index contributed by atoms with van der Waals surface area (Å²) >= 11 is 0. The third-order valence-corrected chi connectivity index (χ3v) is 2.65. The molecule has 21 heavy (non-hydrogen) atoms. The summed E-state index contributed by atoms with van der Waals surface area (Å²) in [6, 6.07) is 17.5. The lowest BCUT2D eigenvalue weighted by Crippen LogP contribution is -2.15. The monoisotopic (exact) mass is 282 g/mol. The van der Waals surface area contributed by atoms with E-state index in [1.165, 1.54) is 6.92 Å². The zero-order valence-electron chi connectivity index (χ0n) is 11.4. The maximum Gasteiger partial charge on any atom is 0.437 e. The number of para-hydroxylation sites is 1. The number of carbonyl (C=O) groups excluding carboxylic acids is 2. The Kier molecular flexibility index (Phi) is 4.82. The second-order valence-electron chi connectivity index (χ2n) is 4.24. The quantitative estimate of drug-likeness (QED) is 0.404. The van der Waals surface area contributed by atoms with Gasteiger partial charge in [0.2, 0.25) is 5.78 Å². The van der Waals surface area contributed by atoms with E-state index < -0.39 is 6.09 Å². The number of oxime groups is 1. The van der Waals surface area contributed by atoms with Gasteiger partial charge in [0.05, 0.1) is 0 Å². The predicted molar refractivity (Wildman–Crippen MR) is 80.4 cm³/mol. The molecule has 0 aliphatic carbocycles. The van der Waals surface area contributed by atoms with Gasteiger partial charge < -0.3 is 0 Å². The maximum atomic E-state index is 12.0. The molecule has 1 amide bonds. The maximum absolute atomic E-state index is 12.0. The molecule has 0 aliphatic heterocycles. The van der Waals surface area contributed by atoms with Crippen LogP contribution in [0.15, 0.2) is 65.8 Å². The highest BCUT2D eigenvalue weighted by atomic mass is 16.7. The van der Waals surface area contributed by atoms with Crippen LogP contribution < -0.4 is 5.32 Å². The summed E-state index contributed by atoms with van der Waals surface area (Å²) in [4.78, 5) is 28.2. The molecule has 2 aromatic rings. The predicted octanol–water partition coefficient (Wildman–Crippen LogP) is 3.49. The minimum Gasteiger partial charge on any atom is -0.297 e. The number of carbonyl (C=O) groups is 2. The summed E-state index contributed by atoms with van der Waals surface area (Å²) in [5.41, 5.74) is 1.18. The van der Waals surface area contributed by atoms with Crippen molar-refractivity contribution in [1.82, 2.24) is 0 Å². The lowest BCUT2D eigenvalue weighted by molar-refractivity contribution is 0.105. The Morgan fingerprint density at radius 3 is 2.14 bits per heavy atom. The third kappa shape index (κ3) is 4.28. The average molecular weight is 282 g/mol. The molecule has 1 N–H and O–H groups in total. The Bertz CT molecular complexity index is 652. The standard InChI is InChI=1S/C16H14N2O3/c1-12(15(19)13-8-4-2-5-9-13)18-21-16(20)17-14-10-6-3-7-11-14/h2-11H,1H3,(H,17,20)/b18-12-. The first-order valence-electron chi connectivity index (χ1n) is 6.34. The average Bonchev–Trinajstić information content (AvgIpc) is 2.53. The highest BCUT2D eigenvalue weighted by Crippen LogP contribution is 2.06. The van der Waals surface area contributed by atoms with Crippen LogP contribution in [0, 0.1) is 0 Å². The van der Waals surface area contributed by atoms with E-state index in [1.54, 1.807) is 48.5 Å². The first kappa shape index (κ1) is 14.5. The van der Waals surface area contributed by atoms with Gasteiger partial charge >= 0.3 is 6.09 Å². The Morgan fingerprint density at radius 2 is 1.52 bits per heavy atom. The van der Waals surface area contributed by atoms with Gasteiger partial charge in [0.15, 0.2) is 0 Å². The van der Waals surface area contributed by atoms with Crippen molar-refractivity contribution in [2.75, 3.05) is 5.32 Å². The van der Waals surface area contributed by atoms with E-state index in [2.05, 4.69) is 15.3 Å². The second kappa shape index (κ2) is 7.00. The van der Waals surface area contributed by atoms with Crippen molar-refractivity contribution in [2.45, 2.75) is 6.92 Å². The summed E-state index contributed by atoms with van der Waals surface area (Å²) in [5, 5.41) is 6.05. The summed E-state index contributed by atoms with van der Waals surface area (Å²) in [5.74, 6) is -0.289. The molecular weight excluding hydrogens is 268 g/mol. The van der Waals surface area contributed by atoms with Crippen LogP contribution in [-0.2, 0) is 4.84 Å². The van der Waals surface area contributed by atoms with E-state index in [0.717, 1.165) is 0 Å². The van der Waals surface area contributed by atoms with Crippen LogP contribution in [-0.4, -0.2) is 17.6 Å². The molecule has 0 radical (unpaired) electrons. The number of rotatable bonds is 4. The molecule has 5 nitrogen and oxygen atoms in total. The first-order chi connectivity index (χ1) is 10.2. The molecule has 0 fully saturated rings. The molecule has 0 aromatic heterocycles. The van der Waals surface area contributed by atoms with E-state index in [9.17, 15) is 9.59 Å². The third-order valence-electron chi connectivity index (χ3n) is 2.65. The molecule has 2 rings (SSSR count). The largest absolute Gasteiger partial charge is 0.437 e. The summed E-state index contributed by atoms with van der Waals surface area (Å²) in [7, 11) is 0. The van der Waals surface area contributed by atoms with Crippen LogP contribution in [0.1, 0.15) is 17.3 Å². The van der Waals surface area contributed by atoms with Crippen LogP contribution in [0.4, 0.5) is 10.5 Å². The van der Waals surface area contributed by atoms with E-state index >= 15 is 0 Å². The minimum atomic E-state index is -0.749. The molecule has 0 atom stereocenters. The smallest absolute Gasteiger partial charge is 0.297 e. The fourth-order valence-corrected chi connectivity index (χ4v) is 1.61. The number of hydrogen-bond donors (Lipinski definition) is 1. The van der Waals surface area contributed by atoms with E-state index in [1.807, 2.05) is 12.1 Å². The van der Waals surface area contributed by atoms with Crippen LogP contribution in [0.3, 0.4) is 0 Å². The van der Waals surface area contributed by atoms with Crippen LogP contribution >= 0.6 is 0 Å². The number of nitrogens with zero attached hydrogens (tertiary/aromatic N) is 1. The molecule has 0 aliphatic rings. The number of anilines is 1. The number of ketones is 1. The molecule has 0 heterocycles. The lowest BCUT2D eigenvalue weighted by atomic mass is 10.1. The van der Waals surface area contributed by atoms with Crippen molar-refractivity contribution in [3.8, 4) is 0 Å². The Morgan fingerprint density at radius 1 is 0.952 bits per heavy atom. The number of nitrogens with one attached hydrogen (secondary N) is 1. The normalized spacial score (nSPS) is 10.8. The molecular formula is C16H14N2O3. The van der Waals surface area contributed by atoms with E-state index in [-0.39, 0.29) is 11.5 Å². The first-order valence-corrected chi connectivity index (χ1v) is 6.34. The van der Waals surface area contributed by atoms with Gasteiger partial charge in [-0.15, -0.1) is 0 Å². The number of hydrogen-bond acceptors (Lipinski definition) is 4. The highest BCUT2D eigenvalue weighted by molar-refractivity contribution is 6.45. The highest BCUT2D eigenvalue weighted by Gasteiger charge is 2.10. The van der Waals surface area contributed by atoms with Crippen molar-refractivity contribution in [2.24, 2.45) is 5.16 Å². The summed E-state index contributed by atoms with van der Waals surface area (Å²) in [6.45, 7) is 1.49. The van der Waals surface area contributed by atoms with Crippen LogP contribution in [0.2, 0.25) is 0 Å². The van der Waals surface area contributed by atoms with Crippen molar-refractivity contribution in [1.29, 1.82) is 0 Å². The molecule has 0 unspecified atom stereocenters. The van der Waals surface area contributed by atoms with Crippen LogP contribution in [0.5, 0.6) is 0 Å². The molecule has 106 valence electrons. The zero-order chi connectivity index (χ0) is 15.1. The minimum absolute atomic E-state index is 0.101. The molecule has 0 spiro atoms. The SMILES string of the molecule is C/C(=N/OC(=O)Nc1ccccc1)C(=O)c1ccccc1. The van der Waals surface area contributed by atoms with Gasteiger partial charge in [-0.1, -0.05) is 53.7 Å². The molecule has 0 bridgehead atoms. The number of benzene rings is 2. The Hall–Kier alpha value is -2.95. The van der Waals surface area contributed by atoms with Crippen LogP contribution in [0.25, 0.3) is 0 Å². The van der Waals surface area contributed by atoms with Crippen molar-refractivity contribution in [3.63, 3.8) is 0 Å². The summed E-state index contributed by atoms with van der Waals surface area (Å²) < 4.78 is 0. The van der Waals surface area contributed by atoms with E-state index in [4.69, 9.17) is 0 Å². The number of Topliss-reactive ketones (excluding diaryl/α,β-unsaturated/α-hetero) is 1. The van der Waals surface area contributed by atoms with Gasteiger partial charge in [-0.05, 0) is 19.1 Å². The van der Waals surface area contributed by atoms with Crippen molar-refractivity contribution < 1.29 is 14.4 Å². The van der Waals surface area contributed by atoms with Gasteiger partial charge in [0.25, 0.3) is 0 Å². The molecule has 2 aromatic carbocycles.